The number of benzene rings is 2. The molecule has 1 atom stereocenters. The molecule has 0 saturated heterocycles. The van der Waals surface area contributed by atoms with Crippen molar-refractivity contribution in [3.8, 4) is 11.4 Å². The molecular weight excluding hydrogens is 624 g/mol. The molecule has 3 aromatic rings. The Bertz CT molecular complexity index is 1380. The molecular formula is C30H36BrClN6O4. The van der Waals surface area contributed by atoms with Crippen LogP contribution in [0.1, 0.15) is 52.0 Å². The van der Waals surface area contributed by atoms with E-state index in [9.17, 15) is 14.4 Å². The van der Waals surface area contributed by atoms with Crippen molar-refractivity contribution >= 4 is 51.1 Å². The molecule has 4 rings (SSSR count). The first kappa shape index (κ1) is 31.5. The summed E-state index contributed by atoms with van der Waals surface area (Å²) in [7, 11) is 0. The Morgan fingerprint density at radius 2 is 1.71 bits per heavy atom. The Hall–Kier alpha value is -3.44. The summed E-state index contributed by atoms with van der Waals surface area (Å²) in [6, 6.07) is 13.8. The van der Waals surface area contributed by atoms with E-state index < -0.39 is 23.6 Å². The van der Waals surface area contributed by atoms with Crippen LogP contribution in [-0.2, 0) is 20.7 Å². The van der Waals surface area contributed by atoms with E-state index in [0.29, 0.717) is 30.9 Å². The van der Waals surface area contributed by atoms with Crippen molar-refractivity contribution in [3.63, 3.8) is 0 Å². The highest BCUT2D eigenvalue weighted by molar-refractivity contribution is 9.10. The summed E-state index contributed by atoms with van der Waals surface area (Å²) >= 11 is 9.33. The van der Waals surface area contributed by atoms with E-state index in [1.807, 2.05) is 45.0 Å². The monoisotopic (exact) mass is 658 g/mol. The minimum absolute atomic E-state index is 0.148. The molecule has 0 bridgehead atoms. The van der Waals surface area contributed by atoms with Crippen molar-refractivity contribution in [2.75, 3.05) is 11.4 Å². The van der Waals surface area contributed by atoms with E-state index in [1.165, 1.54) is 0 Å². The van der Waals surface area contributed by atoms with E-state index in [2.05, 4.69) is 36.4 Å². The van der Waals surface area contributed by atoms with Crippen LogP contribution in [0.4, 0.5) is 10.5 Å². The lowest BCUT2D eigenvalue weighted by molar-refractivity contribution is -0.127. The first-order chi connectivity index (χ1) is 19.9. The van der Waals surface area contributed by atoms with Gasteiger partial charge in [-0.3, -0.25) is 14.5 Å². The van der Waals surface area contributed by atoms with Crippen molar-refractivity contribution < 1.29 is 19.1 Å². The third-order valence-corrected chi connectivity index (χ3v) is 7.93. The number of nitrogens with one attached hydrogen (secondary N) is 2. The number of nitrogens with two attached hydrogens (primary N) is 1. The smallest absolute Gasteiger partial charge is 0.407 e. The Kier molecular flexibility index (Phi) is 10.3. The molecule has 1 aliphatic carbocycles. The van der Waals surface area contributed by atoms with Gasteiger partial charge in [0.1, 0.15) is 11.6 Å². The van der Waals surface area contributed by atoms with E-state index in [1.54, 1.807) is 29.2 Å². The van der Waals surface area contributed by atoms with Gasteiger partial charge in [0.05, 0.1) is 0 Å². The number of hydrogen-bond donors (Lipinski definition) is 3. The lowest BCUT2D eigenvalue weighted by Crippen LogP contribution is -2.52. The van der Waals surface area contributed by atoms with E-state index >= 15 is 0 Å². The number of amides is 3. The number of H-pyrrole nitrogens is 1. The molecule has 3 amide bonds. The second-order valence-corrected chi connectivity index (χ2v) is 12.8. The number of rotatable bonds is 9. The molecule has 224 valence electrons. The highest BCUT2D eigenvalue weighted by atomic mass is 79.9. The summed E-state index contributed by atoms with van der Waals surface area (Å²) in [5, 5.41) is 10.8. The lowest BCUT2D eigenvalue weighted by atomic mass is 9.81. The molecule has 12 heteroatoms. The summed E-state index contributed by atoms with van der Waals surface area (Å²) in [6.45, 7) is 5.95. The Balaban J connectivity index is 1.52. The average molecular weight is 660 g/mol. The van der Waals surface area contributed by atoms with Crippen LogP contribution >= 0.6 is 27.5 Å². The number of ether oxygens (including phenoxy) is 1. The van der Waals surface area contributed by atoms with Gasteiger partial charge in [-0.15, -0.1) is 10.2 Å². The number of carbonyl (C=O) groups is 3. The minimum Gasteiger partial charge on any atom is -0.444 e. The Morgan fingerprint density at radius 1 is 1.07 bits per heavy atom. The van der Waals surface area contributed by atoms with Gasteiger partial charge in [-0.2, -0.15) is 0 Å². The quantitative estimate of drug-likeness (QED) is 0.271. The van der Waals surface area contributed by atoms with Crippen LogP contribution in [0, 0.1) is 11.8 Å². The third kappa shape index (κ3) is 8.54. The van der Waals surface area contributed by atoms with Gasteiger partial charge >= 0.3 is 6.09 Å². The van der Waals surface area contributed by atoms with Gasteiger partial charge in [0.2, 0.25) is 17.1 Å². The molecule has 0 unspecified atom stereocenters. The highest BCUT2D eigenvalue weighted by Crippen LogP contribution is 2.33. The number of halogens is 2. The third-order valence-electron chi connectivity index (χ3n) is 7.23. The topological polar surface area (TPSA) is 143 Å². The normalized spacial score (nSPS) is 17.7. The number of primary amides is 1. The fourth-order valence-electron chi connectivity index (χ4n) is 5.13. The number of hydrogen-bond acceptors (Lipinski definition) is 6. The molecule has 42 heavy (non-hydrogen) atoms. The van der Waals surface area contributed by atoms with E-state index in [4.69, 9.17) is 22.1 Å². The maximum Gasteiger partial charge on any atom is 0.407 e. The summed E-state index contributed by atoms with van der Waals surface area (Å²) in [4.78, 5) is 43.6. The second kappa shape index (κ2) is 13.7. The number of aromatic amines is 1. The largest absolute Gasteiger partial charge is 0.444 e. The van der Waals surface area contributed by atoms with Gasteiger partial charge in [0.15, 0.2) is 5.82 Å². The predicted octanol–water partition coefficient (Wildman–Crippen LogP) is 5.65. The number of carbonyl (C=O) groups excluding carboxylic acids is 3. The first-order valence-electron chi connectivity index (χ1n) is 13.9. The van der Waals surface area contributed by atoms with Gasteiger partial charge in [0.25, 0.3) is 0 Å². The molecule has 4 N–H and O–H groups in total. The van der Waals surface area contributed by atoms with Crippen LogP contribution < -0.4 is 16.0 Å². The van der Waals surface area contributed by atoms with E-state index in [-0.39, 0.29) is 29.4 Å². The van der Waals surface area contributed by atoms with Crippen molar-refractivity contribution in [2.24, 2.45) is 17.6 Å². The molecule has 1 aromatic heterocycles. The molecule has 2 aromatic carbocycles. The SMILES string of the molecule is CC(C)(C)OC(=O)NC[C@H]1CC[C@H](C(=O)N(c2ccc(-c3nnc(Cl)[nH]3)cc2)[C@@H](Cc2ccc(Br)cc2)C(N)=O)CC1. The van der Waals surface area contributed by atoms with Crippen molar-refractivity contribution in [1.82, 2.24) is 20.5 Å². The molecule has 1 heterocycles. The zero-order valence-corrected chi connectivity index (χ0v) is 26.2. The Labute approximate surface area is 258 Å². The zero-order valence-electron chi connectivity index (χ0n) is 23.9. The molecule has 1 aliphatic rings. The van der Waals surface area contributed by atoms with Crippen LogP contribution in [-0.4, -0.2) is 51.3 Å². The van der Waals surface area contributed by atoms with Gasteiger partial charge in [-0.05, 0) is 106 Å². The molecule has 0 radical (unpaired) electrons. The molecule has 0 spiro atoms. The summed E-state index contributed by atoms with van der Waals surface area (Å²) in [5.74, 6) is -0.304. The fraction of sp³-hybridized carbons (Fsp3) is 0.433. The van der Waals surface area contributed by atoms with Crippen molar-refractivity contribution in [3.05, 3.63) is 63.9 Å². The van der Waals surface area contributed by atoms with Crippen molar-refractivity contribution in [1.29, 1.82) is 0 Å². The molecule has 1 saturated carbocycles. The average Bonchev–Trinajstić information content (AvgIpc) is 3.38. The minimum atomic E-state index is -0.893. The van der Waals surface area contributed by atoms with Gasteiger partial charge < -0.3 is 20.8 Å². The molecule has 1 fully saturated rings. The summed E-state index contributed by atoms with van der Waals surface area (Å²) in [5.41, 5.74) is 7.55. The van der Waals surface area contributed by atoms with Gasteiger partial charge in [-0.1, -0.05) is 28.1 Å². The van der Waals surface area contributed by atoms with E-state index in [0.717, 1.165) is 28.4 Å². The standard InChI is InChI=1S/C30H36BrClN6O4/c1-30(2,3)42-29(41)34-17-19-4-8-21(9-5-19)27(40)38(24(25(33)39)16-18-6-12-22(31)13-7-18)23-14-10-20(11-15-23)26-35-28(32)37-36-26/h6-7,10-15,19,21,24H,4-5,8-9,16-17H2,1-3H3,(H2,33,39)(H,34,41)(H,35,36,37)/t19-,21-,24-/m0/s1. The van der Waals surface area contributed by atoms with Crippen LogP contribution in [0.25, 0.3) is 11.4 Å². The van der Waals surface area contributed by atoms with Crippen LogP contribution in [0.15, 0.2) is 53.0 Å². The fourth-order valence-corrected chi connectivity index (χ4v) is 5.52. The lowest BCUT2D eigenvalue weighted by Gasteiger charge is -2.36. The number of anilines is 1. The first-order valence-corrected chi connectivity index (χ1v) is 15.1. The molecule has 10 nitrogen and oxygen atoms in total. The summed E-state index contributed by atoms with van der Waals surface area (Å²) in [6.07, 6.45) is 2.62. The van der Waals surface area contributed by atoms with Crippen LogP contribution in [0.5, 0.6) is 0 Å². The van der Waals surface area contributed by atoms with Gasteiger partial charge in [-0.25, -0.2) is 4.79 Å². The number of alkyl carbamates (subject to hydrolysis) is 1. The highest BCUT2D eigenvalue weighted by Gasteiger charge is 2.36. The van der Waals surface area contributed by atoms with Crippen molar-refractivity contribution in [2.45, 2.75) is 64.5 Å². The van der Waals surface area contributed by atoms with Gasteiger partial charge in [0, 0.05) is 34.6 Å². The van der Waals surface area contributed by atoms with Crippen LogP contribution in [0.3, 0.4) is 0 Å². The maximum absolute atomic E-state index is 14.2. The number of aromatic nitrogens is 3. The summed E-state index contributed by atoms with van der Waals surface area (Å²) < 4.78 is 6.25. The predicted molar refractivity (Wildman–Crippen MR) is 165 cm³/mol. The Morgan fingerprint density at radius 3 is 2.26 bits per heavy atom. The second-order valence-electron chi connectivity index (χ2n) is 11.6. The zero-order chi connectivity index (χ0) is 30.4. The maximum atomic E-state index is 14.2. The number of nitrogens with zero attached hydrogens (tertiary/aromatic N) is 3. The van der Waals surface area contributed by atoms with Crippen LogP contribution in [0.2, 0.25) is 5.28 Å². The molecule has 0 aliphatic heterocycles.